The zero-order chi connectivity index (χ0) is 23.1. The first-order chi connectivity index (χ1) is 14.5. The van der Waals surface area contributed by atoms with Gasteiger partial charge in [0, 0.05) is 10.8 Å². The lowest BCUT2D eigenvalue weighted by atomic mass is 10.1. The van der Waals surface area contributed by atoms with Crippen LogP contribution in [0.1, 0.15) is 31.8 Å². The summed E-state index contributed by atoms with van der Waals surface area (Å²) in [7, 11) is -5.64. The molecule has 2 aromatic carbocycles. The van der Waals surface area contributed by atoms with Crippen LogP contribution in [0.3, 0.4) is 0 Å². The molecule has 0 spiro atoms. The quantitative estimate of drug-likeness (QED) is 0.547. The van der Waals surface area contributed by atoms with Crippen LogP contribution in [-0.2, 0) is 29.1 Å². The van der Waals surface area contributed by atoms with E-state index in [0.29, 0.717) is 22.3 Å². The Labute approximate surface area is 180 Å². The molecule has 0 saturated heterocycles. The molecule has 0 N–H and O–H groups in total. The van der Waals surface area contributed by atoms with Crippen LogP contribution < -0.4 is 0 Å². The predicted octanol–water partition coefficient (Wildman–Crippen LogP) is 2.69. The Kier molecular flexibility index (Phi) is 7.89. The zero-order valence-corrected chi connectivity index (χ0v) is 18.4. The summed E-state index contributed by atoms with van der Waals surface area (Å²) in [6, 6.07) is 11.9. The first-order valence-electron chi connectivity index (χ1n) is 8.74. The van der Waals surface area contributed by atoms with Crippen molar-refractivity contribution in [2.75, 3.05) is 19.3 Å². The van der Waals surface area contributed by atoms with Gasteiger partial charge < -0.3 is 9.47 Å². The Balaban J connectivity index is 2.07. The van der Waals surface area contributed by atoms with Crippen LogP contribution in [0.5, 0.6) is 0 Å². The molecule has 0 bridgehead atoms. The minimum atomic E-state index is -4.07. The van der Waals surface area contributed by atoms with Crippen LogP contribution in [0.4, 0.5) is 0 Å². The van der Waals surface area contributed by atoms with Crippen molar-refractivity contribution in [1.29, 1.82) is 0 Å². The highest BCUT2D eigenvalue weighted by molar-refractivity contribution is 8.10. The number of benzene rings is 2. The topological polar surface area (TPSA) is 121 Å². The molecule has 0 aliphatic rings. The minimum Gasteiger partial charge on any atom is -0.465 e. The summed E-state index contributed by atoms with van der Waals surface area (Å²) in [4.78, 5) is 22.8. The number of methoxy groups -OCH3 is 2. The van der Waals surface area contributed by atoms with Crippen LogP contribution in [0.25, 0.3) is 12.2 Å². The smallest absolute Gasteiger partial charge is 0.337 e. The Morgan fingerprint density at radius 3 is 1.29 bits per heavy atom. The summed E-state index contributed by atoms with van der Waals surface area (Å²) in [5.41, 5.74) is 1.54. The lowest BCUT2D eigenvalue weighted by molar-refractivity contribution is 0.0592. The van der Waals surface area contributed by atoms with Crippen molar-refractivity contribution in [3.63, 3.8) is 0 Å². The molecule has 0 unspecified atom stereocenters. The number of hydrogen-bond donors (Lipinski definition) is 0. The number of rotatable bonds is 8. The van der Waals surface area contributed by atoms with Gasteiger partial charge in [0.05, 0.1) is 25.3 Å². The van der Waals surface area contributed by atoms with Crippen molar-refractivity contribution in [2.24, 2.45) is 0 Å². The van der Waals surface area contributed by atoms with E-state index in [1.54, 1.807) is 0 Å². The Bertz CT molecular complexity index is 1110. The van der Waals surface area contributed by atoms with E-state index in [0.717, 1.165) is 10.8 Å². The second kappa shape index (κ2) is 10.2. The van der Waals surface area contributed by atoms with Crippen molar-refractivity contribution in [3.8, 4) is 0 Å². The second-order valence-corrected chi connectivity index (χ2v) is 10.4. The van der Waals surface area contributed by atoms with Gasteiger partial charge in [-0.2, -0.15) is 0 Å². The number of esters is 2. The first kappa shape index (κ1) is 24.0. The fraction of sp³-hybridized carbons (Fsp3) is 0.143. The Morgan fingerprint density at radius 2 is 1.00 bits per heavy atom. The van der Waals surface area contributed by atoms with Gasteiger partial charge >= 0.3 is 11.9 Å². The SMILES string of the molecule is COC(=O)c1ccc(/C=C/S(=O)(=O)CS(=O)(=O)/C=C/c2ccc(C(=O)OC)cc2)cc1. The van der Waals surface area contributed by atoms with Crippen LogP contribution >= 0.6 is 0 Å². The summed E-state index contributed by atoms with van der Waals surface area (Å²) >= 11 is 0. The summed E-state index contributed by atoms with van der Waals surface area (Å²) in [5.74, 6) is -1.05. The monoisotopic (exact) mass is 464 g/mol. The highest BCUT2D eigenvalue weighted by atomic mass is 32.3. The molecule has 0 aromatic heterocycles. The summed E-state index contributed by atoms with van der Waals surface area (Å²) in [5, 5.41) is 0.501. The van der Waals surface area contributed by atoms with Gasteiger partial charge in [-0.3, -0.25) is 0 Å². The van der Waals surface area contributed by atoms with Gasteiger partial charge in [0.2, 0.25) is 0 Å². The molecule has 0 atom stereocenters. The van der Waals surface area contributed by atoms with E-state index in [-0.39, 0.29) is 0 Å². The van der Waals surface area contributed by atoms with Gasteiger partial charge in [0.25, 0.3) is 0 Å². The van der Waals surface area contributed by atoms with Gasteiger partial charge in [0.15, 0.2) is 24.8 Å². The van der Waals surface area contributed by atoms with Crippen molar-refractivity contribution < 1.29 is 35.9 Å². The number of sulfone groups is 2. The van der Waals surface area contributed by atoms with Crippen LogP contribution in [0.2, 0.25) is 0 Å². The fourth-order valence-corrected chi connectivity index (χ4v) is 5.56. The standard InChI is InChI=1S/C21H20O8S2/c1-28-20(22)18-7-3-16(4-8-18)11-13-30(24,25)15-31(26,27)14-12-17-5-9-19(10-6-17)21(23)29-2/h3-14H,15H2,1-2H3/b13-11+,14-12+. The maximum Gasteiger partial charge on any atom is 0.337 e. The normalized spacial score (nSPS) is 12.2. The van der Waals surface area contributed by atoms with Crippen molar-refractivity contribution in [3.05, 3.63) is 81.6 Å². The number of carbonyl (C=O) groups excluding carboxylic acids is 2. The Hall–Kier alpha value is -3.24. The van der Waals surface area contributed by atoms with E-state index < -0.39 is 36.7 Å². The van der Waals surface area contributed by atoms with Crippen molar-refractivity contribution >= 4 is 43.8 Å². The molecule has 0 aliphatic heterocycles. The third-order valence-corrected chi connectivity index (χ3v) is 7.66. The lowest BCUT2D eigenvalue weighted by Gasteiger charge is -2.01. The highest BCUT2D eigenvalue weighted by Crippen LogP contribution is 2.12. The van der Waals surface area contributed by atoms with E-state index in [2.05, 4.69) is 9.47 Å². The number of hydrogen-bond acceptors (Lipinski definition) is 8. The molecule has 0 saturated carbocycles. The third kappa shape index (κ3) is 7.50. The van der Waals surface area contributed by atoms with Gasteiger partial charge in [-0.25, -0.2) is 26.4 Å². The van der Waals surface area contributed by atoms with Gasteiger partial charge in [0.1, 0.15) is 0 Å². The van der Waals surface area contributed by atoms with E-state index in [1.165, 1.54) is 74.9 Å². The van der Waals surface area contributed by atoms with Gasteiger partial charge in [-0.1, -0.05) is 24.3 Å². The lowest BCUT2D eigenvalue weighted by Crippen LogP contribution is -2.11. The zero-order valence-electron chi connectivity index (χ0n) is 16.7. The van der Waals surface area contributed by atoms with Crippen molar-refractivity contribution in [2.45, 2.75) is 0 Å². The molecule has 31 heavy (non-hydrogen) atoms. The van der Waals surface area contributed by atoms with Crippen LogP contribution in [-0.4, -0.2) is 48.1 Å². The van der Waals surface area contributed by atoms with Gasteiger partial charge in [-0.05, 0) is 47.5 Å². The number of carbonyl (C=O) groups is 2. The molecule has 0 fully saturated rings. The average Bonchev–Trinajstić information content (AvgIpc) is 2.75. The van der Waals surface area contributed by atoms with E-state index in [4.69, 9.17) is 0 Å². The third-order valence-electron chi connectivity index (χ3n) is 3.93. The van der Waals surface area contributed by atoms with Gasteiger partial charge in [-0.15, -0.1) is 0 Å². The fourth-order valence-electron chi connectivity index (χ4n) is 2.37. The second-order valence-electron chi connectivity index (χ2n) is 6.28. The molecule has 0 heterocycles. The average molecular weight is 465 g/mol. The largest absolute Gasteiger partial charge is 0.465 e. The molecular weight excluding hydrogens is 444 g/mol. The molecule has 2 aromatic rings. The molecule has 2 rings (SSSR count). The maximum absolute atomic E-state index is 12.2. The predicted molar refractivity (Wildman–Crippen MR) is 116 cm³/mol. The van der Waals surface area contributed by atoms with Crippen LogP contribution in [0, 0.1) is 0 Å². The van der Waals surface area contributed by atoms with E-state index in [1.807, 2.05) is 0 Å². The highest BCUT2D eigenvalue weighted by Gasteiger charge is 2.17. The van der Waals surface area contributed by atoms with E-state index >= 15 is 0 Å². The van der Waals surface area contributed by atoms with Crippen LogP contribution in [0.15, 0.2) is 59.3 Å². The first-order valence-corrected chi connectivity index (χ1v) is 12.2. The molecule has 0 amide bonds. The summed E-state index contributed by atoms with van der Waals surface area (Å²) < 4.78 is 57.9. The summed E-state index contributed by atoms with van der Waals surface area (Å²) in [6.45, 7) is 0. The Morgan fingerprint density at radius 1 is 0.677 bits per heavy atom. The van der Waals surface area contributed by atoms with E-state index in [9.17, 15) is 26.4 Å². The number of ether oxygens (including phenoxy) is 2. The molecular formula is C21H20O8S2. The summed E-state index contributed by atoms with van der Waals surface area (Å²) in [6.07, 6.45) is 2.47. The van der Waals surface area contributed by atoms with Crippen molar-refractivity contribution in [1.82, 2.24) is 0 Å². The molecule has 0 radical (unpaired) electrons. The molecule has 8 nitrogen and oxygen atoms in total. The minimum absolute atomic E-state index is 0.301. The molecule has 0 aliphatic carbocycles. The maximum atomic E-state index is 12.2. The molecule has 10 heteroatoms. The molecule has 164 valence electrons.